The van der Waals surface area contributed by atoms with E-state index in [4.69, 9.17) is 106 Å². The van der Waals surface area contributed by atoms with Gasteiger partial charge in [-0.1, -0.05) is 0 Å². The number of aliphatic hydroxyl groups is 25. The van der Waals surface area contributed by atoms with Crippen molar-refractivity contribution >= 4 is 49.1 Å². The van der Waals surface area contributed by atoms with Gasteiger partial charge in [0.2, 0.25) is 5.91 Å². The largest absolute Gasteiger partial charge is 0.481 e. The number of nitrogens with two attached hydrogens (primary N) is 2. The van der Waals surface area contributed by atoms with Crippen molar-refractivity contribution in [2.24, 2.45) is 11.5 Å². The van der Waals surface area contributed by atoms with Crippen LogP contribution in [0.2, 0.25) is 0 Å². The lowest BCUT2D eigenvalue weighted by molar-refractivity contribution is -0.406. The maximum atomic E-state index is 14.6. The summed E-state index contributed by atoms with van der Waals surface area (Å²) in [6, 6.07) is -4.52. The second-order valence-corrected chi connectivity index (χ2v) is 37.1. The number of carbonyl (C=O) groups excluding carboxylic acids is 1. The Hall–Kier alpha value is -2.87. The molecule has 0 aromatic rings. The van der Waals surface area contributed by atoms with Crippen molar-refractivity contribution in [2.45, 2.75) is 314 Å². The van der Waals surface area contributed by atoms with E-state index < -0.39 is 415 Å². The van der Waals surface area contributed by atoms with E-state index in [0.29, 0.717) is 0 Å². The van der Waals surface area contributed by atoms with Crippen LogP contribution in [0.1, 0.15) is 26.7 Å². The first-order valence-corrected chi connectivity index (χ1v) is 46.1. The number of aliphatic carboxylic acids is 2. The average Bonchev–Trinajstić information content (AvgIpc) is 0.748. The Balaban J connectivity index is 1.21. The Bertz CT molecular complexity index is 3920. The number of carbonyl (C=O) groups is 3. The maximum absolute atomic E-state index is 14.6. The molecular weight excluding hydrogens is 1930 g/mol. The third kappa shape index (κ3) is 26.8. The van der Waals surface area contributed by atoms with Crippen LogP contribution in [0.25, 0.3) is 0 Å². The van der Waals surface area contributed by atoms with Crippen LogP contribution in [-0.2, 0) is 136 Å². The lowest BCUT2D eigenvalue weighted by atomic mass is 9.89. The van der Waals surface area contributed by atoms with Gasteiger partial charge < -0.3 is 265 Å². The van der Waals surface area contributed by atoms with Gasteiger partial charge in [0.25, 0.3) is 11.6 Å². The average molecular weight is 2040 g/mol. The van der Waals surface area contributed by atoms with E-state index in [1.165, 1.54) is 6.92 Å². The van der Waals surface area contributed by atoms with Gasteiger partial charge in [-0.25, -0.2) is 27.8 Å². The van der Waals surface area contributed by atoms with Gasteiger partial charge in [-0.3, -0.25) is 22.9 Å². The second kappa shape index (κ2) is 47.1. The zero-order chi connectivity index (χ0) is 99.5. The summed E-state index contributed by atoms with van der Waals surface area (Å²) in [4.78, 5) is 104. The highest BCUT2D eigenvalue weighted by atomic mass is 31.3. The Kier molecular flexibility index (Phi) is 40.3. The molecule has 9 fully saturated rings. The van der Waals surface area contributed by atoms with Crippen LogP contribution in [0, 0.1) is 0 Å². The monoisotopic (exact) mass is 2040 g/mol. The number of amides is 1. The predicted octanol–water partition coefficient (Wildman–Crippen LogP) is -20.6. The number of rotatable bonds is 42. The molecule has 9 saturated heterocycles. The van der Waals surface area contributed by atoms with Crippen molar-refractivity contribution in [3.63, 3.8) is 0 Å². The first-order valence-electron chi connectivity index (χ1n) is 40.0. The van der Waals surface area contributed by atoms with Crippen LogP contribution in [-0.4, -0.2) is 539 Å². The van der Waals surface area contributed by atoms with E-state index in [9.17, 15) is 200 Å². The first kappa shape index (κ1) is 114. The first-order chi connectivity index (χ1) is 61.9. The normalized spacial score (nSPS) is 45.4. The van der Waals surface area contributed by atoms with Crippen molar-refractivity contribution in [2.75, 3.05) is 66.0 Å². The zero-order valence-corrected chi connectivity index (χ0v) is 72.6. The summed E-state index contributed by atoms with van der Waals surface area (Å²) in [7, 11) is -25.9. The fourth-order valence-electron chi connectivity index (χ4n) is 15.7. The van der Waals surface area contributed by atoms with E-state index in [-0.39, 0.29) is 0 Å². The van der Waals surface area contributed by atoms with Crippen LogP contribution in [0.5, 0.6) is 0 Å². The van der Waals surface area contributed by atoms with Gasteiger partial charge in [-0.05, 0) is 6.92 Å². The number of phosphoric acid groups is 4. The van der Waals surface area contributed by atoms with Crippen molar-refractivity contribution < 1.29 is 303 Å². The molecule has 9 heterocycles. The van der Waals surface area contributed by atoms with Crippen LogP contribution in [0.3, 0.4) is 0 Å². The Labute approximate surface area is 746 Å². The zero-order valence-electron chi connectivity index (χ0n) is 69.0. The summed E-state index contributed by atoms with van der Waals surface area (Å²) < 4.78 is 178. The fraction of sp³-hybridized carbons (Fsp3) is 0.953. The molecule has 0 radical (unpaired) electrons. The van der Waals surface area contributed by atoms with Crippen LogP contribution < -0.4 is 16.8 Å². The summed E-state index contributed by atoms with van der Waals surface area (Å²) >= 11 is 0. The van der Waals surface area contributed by atoms with Gasteiger partial charge in [-0.15, -0.1) is 0 Å². The molecule has 133 heavy (non-hydrogen) atoms. The summed E-state index contributed by atoms with van der Waals surface area (Å²) in [6.45, 7) is -11.5. The van der Waals surface area contributed by atoms with Gasteiger partial charge in [0.15, 0.2) is 44.0 Å². The van der Waals surface area contributed by atoms with E-state index in [2.05, 4.69) is 14.2 Å². The van der Waals surface area contributed by atoms with E-state index >= 15 is 0 Å². The van der Waals surface area contributed by atoms with Gasteiger partial charge in [0, 0.05) is 26.3 Å². The molecule has 69 heteroatoms. The molecule has 9 aliphatic rings. The molecule has 0 aromatic carbocycles. The molecule has 38 N–H and O–H groups in total. The van der Waals surface area contributed by atoms with Crippen molar-refractivity contribution in [3.05, 3.63) is 0 Å². The number of carboxylic acids is 2. The van der Waals surface area contributed by atoms with Crippen LogP contribution in [0.4, 0.5) is 0 Å². The standard InChI is InChI=1S/C64H113N3O62P4/c1-15-29(80)35(86)38(89)56(110-15)108-14-26-33(84)36(87)39(90)57(114-26)117-47-24(12-73)113-54(27(66)48(47)119-59-50(37(88)32(83)23(11-72)112-59)121-55-28(67-16(2)75)34(85)31(82)22(10-71)111-55)120-49-40(91)45(25(13-74)126-130(98,99)100)116-58(41(49)92)122-51-52(127-131(101,102)103)43(19(78)8-69)115-60(53(51)128-133(106,107)129-132(104,105)109-4-3-65)118-46-21(6-63(97,61(93)94)124-44(46)20(79)9-70)123-64(62(95)96)5-17(76)30(81)42(125-64)18(77)7-68/h15,17-60,68-74,76-92,97H,3-14,65-66H2,1-2H3,(H,67,75)(H,93,94)(H,95,96)(H,104,105)(H,106,107)(H2,98,99,100)(H2,101,102,103)/t15-,17+,18+,19-,20+,21+,22+,23+,24+,25-,26+,27+,28+,29-,30+,31+,32+,33+,34+,35+,36-,37-,38+,39+,40+,41-,42+,43+,44+,45+,46+,47-,48+,49-,50+,51-,52+,53-,54+,55-,56+,57-,58+,59+,60+,63+,64+/m0/s1. The number of hydrogen-bond acceptors (Lipinski definition) is 56. The molecule has 2 unspecified atom stereocenters. The van der Waals surface area contributed by atoms with Crippen molar-refractivity contribution in [1.82, 2.24) is 5.32 Å². The van der Waals surface area contributed by atoms with Gasteiger partial charge in [0.1, 0.15) is 207 Å². The van der Waals surface area contributed by atoms with E-state index in [0.717, 1.165) is 6.92 Å². The minimum atomic E-state index is -6.96. The minimum Gasteiger partial charge on any atom is -0.477 e. The molecule has 0 aliphatic carbocycles. The Morgan fingerprint density at radius 1 is 0.451 bits per heavy atom. The van der Waals surface area contributed by atoms with E-state index in [1.54, 1.807) is 0 Å². The van der Waals surface area contributed by atoms with Crippen molar-refractivity contribution in [3.8, 4) is 0 Å². The molecule has 0 bridgehead atoms. The fourth-order valence-corrected chi connectivity index (χ4v) is 19.0. The molecule has 776 valence electrons. The molecule has 0 aromatic heterocycles. The number of nitrogens with one attached hydrogen (secondary N) is 1. The van der Waals surface area contributed by atoms with Gasteiger partial charge in [-0.2, -0.15) is 4.31 Å². The number of carboxylic acid groups (broad SMARTS) is 2. The molecule has 1 amide bonds. The third-order valence-corrected chi connectivity index (χ3v) is 26.1. The second-order valence-electron chi connectivity index (χ2n) is 31.8. The van der Waals surface area contributed by atoms with Crippen LogP contribution in [0.15, 0.2) is 0 Å². The Morgan fingerprint density at radius 2 is 0.955 bits per heavy atom. The summed E-state index contributed by atoms with van der Waals surface area (Å²) in [5.41, 5.74) is 12.4. The number of aliphatic hydroxyl groups excluding tert-OH is 24. The summed E-state index contributed by atoms with van der Waals surface area (Å²) in [5.74, 6) is -13.6. The van der Waals surface area contributed by atoms with Gasteiger partial charge in [0.05, 0.1) is 83.8 Å². The molecule has 0 saturated carbocycles. The lowest BCUT2D eigenvalue weighted by Gasteiger charge is -2.53. The molecule has 0 spiro atoms. The van der Waals surface area contributed by atoms with Gasteiger partial charge >= 0.3 is 43.2 Å². The summed E-state index contributed by atoms with van der Waals surface area (Å²) in [5, 5.41) is 303. The third-order valence-electron chi connectivity index (χ3n) is 22.4. The predicted molar refractivity (Wildman–Crippen MR) is 400 cm³/mol. The topological polar surface area (TPSA) is 1050 Å². The lowest BCUT2D eigenvalue weighted by Crippen LogP contribution is -2.72. The SMILES string of the molecule is CC(=O)N[C@H]1[C@H](O[C@H]2[C@@H](O[C@@H]3[C@@H](N)[C@@H](O[C@@H]4[C@H](O)[C@@H](O[C@H]5[C@H](OP(=O)(O)O)[C@@H]([C@@H](O)CO)O[C@H](O[C@H]6[C@@H]([C@H](O)CO)O[C@@](O)(C(=O)O)C[C@H]6O[C@]6(C(=O)O)C[C@@H](O)[C@@H](O)[C@@H]([C@H](O)CO)O6)[C@H]5OP(=O)(O)OP(=O)(O)OCCN)O[C@H]([C@H](CO)OP(=O)(O)O)[C@H]4O)O[C@H](CO)[C@@H]3O[C@@H]3O[C@H](CO[C@@H]4O[C@@H](C)[C@H](O)[C@@H](O)[C@H]4O)[C@@H](O)[C@H](O)[C@H]3O)O[C@H](CO)[C@@H](O)[C@@H]2O)O[C@H](CO)[C@@H](O)[C@@H]1O. The number of phosphoric ester groups is 4. The molecule has 9 aliphatic heterocycles. The quantitative estimate of drug-likeness (QED) is 0.0252. The molecule has 49 atom stereocenters. The van der Waals surface area contributed by atoms with Crippen LogP contribution >= 0.6 is 31.3 Å². The highest BCUT2D eigenvalue weighted by molar-refractivity contribution is 7.61. The van der Waals surface area contributed by atoms with E-state index in [1.807, 2.05) is 0 Å². The minimum absolute atomic E-state index is 0.722. The smallest absolute Gasteiger partial charge is 0.477 e. The Morgan fingerprint density at radius 3 is 1.52 bits per heavy atom. The molecule has 65 nitrogen and oxygen atoms in total. The molecule has 9 rings (SSSR count). The molecular formula is C64H113N3O62P4. The van der Waals surface area contributed by atoms with Crippen molar-refractivity contribution in [1.29, 1.82) is 0 Å². The highest BCUT2D eigenvalue weighted by Crippen LogP contribution is 2.62. The highest BCUT2D eigenvalue weighted by Gasteiger charge is 2.67. The maximum Gasteiger partial charge on any atom is 0.481 e. The summed E-state index contributed by atoms with van der Waals surface area (Å²) in [6.07, 6.45) is -114. The number of hydrogen-bond donors (Lipinski definition) is 36. The number of ether oxygens (including phenoxy) is 17.